The van der Waals surface area contributed by atoms with Crippen LogP contribution in [0.15, 0.2) is 12.4 Å². The van der Waals surface area contributed by atoms with Crippen LogP contribution in [-0.2, 0) is 0 Å². The molecule has 0 aliphatic carbocycles. The van der Waals surface area contributed by atoms with E-state index in [9.17, 15) is 0 Å². The summed E-state index contributed by atoms with van der Waals surface area (Å²) >= 11 is 0. The largest absolute Gasteiger partial charge is 0.366 e. The molecule has 2 aromatic rings. The van der Waals surface area contributed by atoms with E-state index in [2.05, 4.69) is 26.3 Å². The van der Waals surface area contributed by atoms with Crippen LogP contribution in [0.4, 0.5) is 5.82 Å². The number of aromatic nitrogens is 4. The predicted octanol–water partition coefficient (Wildman–Crippen LogP) is 1.26. The smallest absolute Gasteiger partial charge is 0.254 e. The van der Waals surface area contributed by atoms with Crippen molar-refractivity contribution in [2.24, 2.45) is 0 Å². The lowest BCUT2D eigenvalue weighted by atomic mass is 10.2. The SMILES string of the molecule is C#CCC(C)Nc1cc(C)nc2ncnn12. The summed E-state index contributed by atoms with van der Waals surface area (Å²) < 4.78 is 1.67. The van der Waals surface area contributed by atoms with Gasteiger partial charge in [0.05, 0.1) is 0 Å². The van der Waals surface area contributed by atoms with Gasteiger partial charge >= 0.3 is 0 Å². The van der Waals surface area contributed by atoms with Crippen LogP contribution in [0.25, 0.3) is 5.78 Å². The van der Waals surface area contributed by atoms with Crippen LogP contribution in [0, 0.1) is 19.3 Å². The first kappa shape index (κ1) is 10.4. The molecule has 16 heavy (non-hydrogen) atoms. The van der Waals surface area contributed by atoms with Gasteiger partial charge in [-0.05, 0) is 13.8 Å². The third kappa shape index (κ3) is 1.96. The van der Waals surface area contributed by atoms with Crippen LogP contribution >= 0.6 is 0 Å². The zero-order chi connectivity index (χ0) is 11.5. The molecule has 2 heterocycles. The zero-order valence-electron chi connectivity index (χ0n) is 9.31. The standard InChI is InChI=1S/C11H13N5/c1-4-5-8(2)14-10-6-9(3)15-11-12-7-13-16(10)11/h1,6-8,14H,5H2,2-3H3. The Morgan fingerprint density at radius 2 is 2.44 bits per heavy atom. The Kier molecular flexibility index (Phi) is 2.73. The number of rotatable bonds is 3. The van der Waals surface area contributed by atoms with E-state index >= 15 is 0 Å². The Morgan fingerprint density at radius 3 is 3.19 bits per heavy atom. The van der Waals surface area contributed by atoms with E-state index < -0.39 is 0 Å². The number of hydrogen-bond donors (Lipinski definition) is 1. The monoisotopic (exact) mass is 215 g/mol. The molecule has 1 atom stereocenters. The number of nitrogens with one attached hydrogen (secondary N) is 1. The summed E-state index contributed by atoms with van der Waals surface area (Å²) in [5.74, 6) is 4.08. The molecule has 5 nitrogen and oxygen atoms in total. The van der Waals surface area contributed by atoms with E-state index in [-0.39, 0.29) is 6.04 Å². The number of anilines is 1. The van der Waals surface area contributed by atoms with E-state index in [4.69, 9.17) is 6.42 Å². The van der Waals surface area contributed by atoms with Gasteiger partial charge in [-0.2, -0.15) is 14.6 Å². The van der Waals surface area contributed by atoms with Gasteiger partial charge in [0.15, 0.2) is 0 Å². The van der Waals surface area contributed by atoms with Gasteiger partial charge in [-0.15, -0.1) is 12.3 Å². The Bertz CT molecular complexity index is 537. The van der Waals surface area contributed by atoms with Gasteiger partial charge in [-0.25, -0.2) is 4.98 Å². The minimum atomic E-state index is 0.194. The lowest BCUT2D eigenvalue weighted by Gasteiger charge is -2.13. The predicted molar refractivity (Wildman–Crippen MR) is 62.1 cm³/mol. The van der Waals surface area contributed by atoms with Gasteiger partial charge in [0, 0.05) is 24.2 Å². The molecule has 0 aromatic carbocycles. The first-order valence-corrected chi connectivity index (χ1v) is 5.08. The molecular weight excluding hydrogens is 202 g/mol. The fourth-order valence-electron chi connectivity index (χ4n) is 1.51. The van der Waals surface area contributed by atoms with E-state index in [1.807, 2.05) is 19.9 Å². The highest BCUT2D eigenvalue weighted by molar-refractivity contribution is 5.45. The number of hydrogen-bond acceptors (Lipinski definition) is 4. The molecule has 0 spiro atoms. The highest BCUT2D eigenvalue weighted by atomic mass is 15.4. The molecular formula is C11H13N5. The molecule has 1 N–H and O–H groups in total. The van der Waals surface area contributed by atoms with Crippen molar-refractivity contribution in [3.8, 4) is 12.3 Å². The summed E-state index contributed by atoms with van der Waals surface area (Å²) in [5.41, 5.74) is 0.899. The quantitative estimate of drug-likeness (QED) is 0.783. The fraction of sp³-hybridized carbons (Fsp3) is 0.364. The fourth-order valence-corrected chi connectivity index (χ4v) is 1.51. The lowest BCUT2D eigenvalue weighted by molar-refractivity contribution is 0.800. The summed E-state index contributed by atoms with van der Waals surface area (Å²) in [6, 6.07) is 2.12. The van der Waals surface area contributed by atoms with Gasteiger partial charge < -0.3 is 5.32 Å². The molecule has 0 aliphatic rings. The third-order valence-electron chi connectivity index (χ3n) is 2.20. The maximum absolute atomic E-state index is 5.27. The van der Waals surface area contributed by atoms with Crippen molar-refractivity contribution in [1.82, 2.24) is 19.6 Å². The van der Waals surface area contributed by atoms with Crippen molar-refractivity contribution in [2.45, 2.75) is 26.3 Å². The Hall–Kier alpha value is -2.09. The molecule has 82 valence electrons. The average molecular weight is 215 g/mol. The van der Waals surface area contributed by atoms with Gasteiger partial charge in [0.1, 0.15) is 12.1 Å². The summed E-state index contributed by atoms with van der Waals surface area (Å²) in [6.07, 6.45) is 7.42. The maximum atomic E-state index is 5.27. The molecule has 0 aliphatic heterocycles. The second-order valence-corrected chi connectivity index (χ2v) is 3.71. The van der Waals surface area contributed by atoms with Crippen LogP contribution in [0.3, 0.4) is 0 Å². The molecule has 0 fully saturated rings. The Labute approximate surface area is 93.9 Å². The molecule has 0 amide bonds. The first-order valence-electron chi connectivity index (χ1n) is 5.08. The van der Waals surface area contributed by atoms with Crippen molar-refractivity contribution < 1.29 is 0 Å². The lowest BCUT2D eigenvalue weighted by Crippen LogP contribution is -2.17. The number of nitrogens with zero attached hydrogens (tertiary/aromatic N) is 4. The summed E-state index contributed by atoms with van der Waals surface area (Å²) in [5, 5.41) is 7.39. The van der Waals surface area contributed by atoms with Crippen molar-refractivity contribution in [3.05, 3.63) is 18.1 Å². The van der Waals surface area contributed by atoms with Crippen molar-refractivity contribution >= 4 is 11.6 Å². The van der Waals surface area contributed by atoms with Crippen molar-refractivity contribution in [2.75, 3.05) is 5.32 Å². The van der Waals surface area contributed by atoms with E-state index in [0.717, 1.165) is 11.5 Å². The van der Waals surface area contributed by atoms with E-state index in [0.29, 0.717) is 12.2 Å². The topological polar surface area (TPSA) is 55.1 Å². The van der Waals surface area contributed by atoms with Crippen LogP contribution in [-0.4, -0.2) is 25.6 Å². The van der Waals surface area contributed by atoms with E-state index in [1.54, 1.807) is 4.52 Å². The maximum Gasteiger partial charge on any atom is 0.254 e. The summed E-state index contributed by atoms with van der Waals surface area (Å²) in [7, 11) is 0. The third-order valence-corrected chi connectivity index (χ3v) is 2.20. The molecule has 0 radical (unpaired) electrons. The van der Waals surface area contributed by atoms with Gasteiger partial charge in [0.25, 0.3) is 5.78 Å². The number of terminal acetylenes is 1. The van der Waals surface area contributed by atoms with Crippen LogP contribution in [0.1, 0.15) is 19.0 Å². The molecule has 0 bridgehead atoms. The Morgan fingerprint density at radius 1 is 1.62 bits per heavy atom. The van der Waals surface area contributed by atoms with Crippen LogP contribution in [0.2, 0.25) is 0 Å². The molecule has 5 heteroatoms. The first-order chi connectivity index (χ1) is 7.70. The second kappa shape index (κ2) is 4.19. The molecule has 2 aromatic heterocycles. The van der Waals surface area contributed by atoms with Crippen molar-refractivity contribution in [1.29, 1.82) is 0 Å². The minimum Gasteiger partial charge on any atom is -0.366 e. The highest BCUT2D eigenvalue weighted by Gasteiger charge is 2.07. The summed E-state index contributed by atoms with van der Waals surface area (Å²) in [4.78, 5) is 8.31. The second-order valence-electron chi connectivity index (χ2n) is 3.71. The molecule has 2 rings (SSSR count). The van der Waals surface area contributed by atoms with Gasteiger partial charge in [-0.3, -0.25) is 0 Å². The molecule has 0 saturated carbocycles. The van der Waals surface area contributed by atoms with Crippen LogP contribution < -0.4 is 5.32 Å². The average Bonchev–Trinajstić information content (AvgIpc) is 2.65. The zero-order valence-corrected chi connectivity index (χ0v) is 9.31. The number of fused-ring (bicyclic) bond motifs is 1. The highest BCUT2D eigenvalue weighted by Crippen LogP contribution is 2.11. The number of aryl methyl sites for hydroxylation is 1. The van der Waals surface area contributed by atoms with Gasteiger partial charge in [0.2, 0.25) is 0 Å². The van der Waals surface area contributed by atoms with Crippen molar-refractivity contribution in [3.63, 3.8) is 0 Å². The van der Waals surface area contributed by atoms with Gasteiger partial charge in [-0.1, -0.05) is 0 Å². The summed E-state index contributed by atoms with van der Waals surface area (Å²) in [6.45, 7) is 3.95. The Balaban J connectivity index is 2.36. The van der Waals surface area contributed by atoms with E-state index in [1.165, 1.54) is 6.33 Å². The van der Waals surface area contributed by atoms with Crippen LogP contribution in [0.5, 0.6) is 0 Å². The molecule has 1 unspecified atom stereocenters. The molecule has 0 saturated heterocycles. The normalized spacial score (nSPS) is 12.3. The minimum absolute atomic E-state index is 0.194.